The van der Waals surface area contributed by atoms with Crippen molar-refractivity contribution < 1.29 is 0 Å². The minimum absolute atomic E-state index is 0.602. The van der Waals surface area contributed by atoms with Crippen molar-refractivity contribution in [2.45, 2.75) is 13.3 Å². The van der Waals surface area contributed by atoms with E-state index in [1.54, 1.807) is 0 Å². The molecule has 2 heteroatoms. The van der Waals surface area contributed by atoms with Crippen molar-refractivity contribution in [2.24, 2.45) is 5.92 Å². The highest BCUT2D eigenvalue weighted by atomic mass is 35.5. The normalized spacial score (nSPS) is 20.1. The van der Waals surface area contributed by atoms with Crippen LogP contribution in [0.25, 0.3) is 0 Å². The van der Waals surface area contributed by atoms with E-state index in [4.69, 9.17) is 11.6 Å². The Morgan fingerprint density at radius 2 is 2.19 bits per heavy atom. The van der Waals surface area contributed by atoms with Gasteiger partial charge >= 0.3 is 0 Å². The lowest BCUT2D eigenvalue weighted by Crippen LogP contribution is -2.34. The Balaban J connectivity index is 2.16. The fraction of sp³-hybridized carbons (Fsp3) is 0.429. The third-order valence-corrected chi connectivity index (χ3v) is 3.19. The molecule has 1 unspecified atom stereocenters. The molecule has 1 atom stereocenters. The van der Waals surface area contributed by atoms with Crippen LogP contribution in [0.2, 0.25) is 0 Å². The number of alkyl halides is 1. The largest absolute Gasteiger partial charge is 0.367 e. The molecule has 1 heterocycles. The van der Waals surface area contributed by atoms with Crippen molar-refractivity contribution in [1.29, 1.82) is 0 Å². The van der Waals surface area contributed by atoms with Gasteiger partial charge in [-0.15, -0.1) is 11.6 Å². The molecule has 0 radical (unpaired) electrons. The zero-order valence-corrected chi connectivity index (χ0v) is 10.5. The number of fused-ring (bicyclic) bond motifs is 1. The van der Waals surface area contributed by atoms with Crippen molar-refractivity contribution >= 4 is 17.3 Å². The summed E-state index contributed by atoms with van der Waals surface area (Å²) < 4.78 is 0. The van der Waals surface area contributed by atoms with E-state index >= 15 is 0 Å². The van der Waals surface area contributed by atoms with Gasteiger partial charge in [0.25, 0.3) is 0 Å². The summed E-state index contributed by atoms with van der Waals surface area (Å²) in [5.41, 5.74) is 2.86. The van der Waals surface area contributed by atoms with Gasteiger partial charge in [0.15, 0.2) is 0 Å². The summed E-state index contributed by atoms with van der Waals surface area (Å²) in [5, 5.41) is 0. The Hall–Kier alpha value is -0.950. The monoisotopic (exact) mass is 235 g/mol. The summed E-state index contributed by atoms with van der Waals surface area (Å²) in [4.78, 5) is 2.44. The Kier molecular flexibility index (Phi) is 3.89. The van der Waals surface area contributed by atoms with Gasteiger partial charge in [0.05, 0.1) is 0 Å². The highest BCUT2D eigenvalue weighted by Crippen LogP contribution is 2.28. The predicted molar refractivity (Wildman–Crippen MR) is 71.4 cm³/mol. The molecule has 1 aliphatic rings. The second-order valence-corrected chi connectivity index (χ2v) is 4.78. The summed E-state index contributed by atoms with van der Waals surface area (Å²) >= 11 is 5.64. The van der Waals surface area contributed by atoms with Gasteiger partial charge in [-0.3, -0.25) is 0 Å². The Morgan fingerprint density at radius 1 is 1.38 bits per heavy atom. The summed E-state index contributed by atoms with van der Waals surface area (Å²) in [6.45, 7) is 4.42. The molecule has 0 bridgehead atoms. The fourth-order valence-electron chi connectivity index (χ4n) is 2.34. The topological polar surface area (TPSA) is 3.24 Å². The number of benzene rings is 1. The van der Waals surface area contributed by atoms with Crippen molar-refractivity contribution in [3.05, 3.63) is 42.0 Å². The first-order valence-electron chi connectivity index (χ1n) is 5.85. The lowest BCUT2D eigenvalue weighted by Gasteiger charge is -2.34. The maximum atomic E-state index is 5.64. The lowest BCUT2D eigenvalue weighted by atomic mass is 9.94. The summed E-state index contributed by atoms with van der Waals surface area (Å²) in [6, 6.07) is 8.70. The van der Waals surface area contributed by atoms with Gasteiger partial charge in [0.2, 0.25) is 0 Å². The van der Waals surface area contributed by atoms with E-state index in [2.05, 4.69) is 42.2 Å². The van der Waals surface area contributed by atoms with Gasteiger partial charge in [0.1, 0.15) is 0 Å². The van der Waals surface area contributed by atoms with Gasteiger partial charge in [0, 0.05) is 24.7 Å². The number of hydrogen-bond donors (Lipinski definition) is 0. The standard InChI is InChI=1S/C14H18ClN/c1-12-10-13-6-2-3-7-14(13)16(11-12)9-5-4-8-15/h2-7,12H,8-11H2,1H3. The van der Waals surface area contributed by atoms with Gasteiger partial charge in [-0.2, -0.15) is 0 Å². The molecule has 0 aromatic heterocycles. The van der Waals surface area contributed by atoms with Crippen LogP contribution in [0, 0.1) is 5.92 Å². The third-order valence-electron chi connectivity index (χ3n) is 3.01. The quantitative estimate of drug-likeness (QED) is 0.573. The molecule has 1 nitrogen and oxygen atoms in total. The Morgan fingerprint density at radius 3 is 3.00 bits per heavy atom. The van der Waals surface area contributed by atoms with Crippen LogP contribution in [0.4, 0.5) is 5.69 Å². The highest BCUT2D eigenvalue weighted by Gasteiger charge is 2.19. The average Bonchev–Trinajstić information content (AvgIpc) is 2.29. The zero-order chi connectivity index (χ0) is 11.4. The number of nitrogens with zero attached hydrogens (tertiary/aromatic N) is 1. The van der Waals surface area contributed by atoms with Crippen LogP contribution >= 0.6 is 11.6 Å². The number of halogens is 1. The third kappa shape index (κ3) is 2.59. The average molecular weight is 236 g/mol. The molecule has 0 saturated carbocycles. The van der Waals surface area contributed by atoms with E-state index in [-0.39, 0.29) is 0 Å². The van der Waals surface area contributed by atoms with Gasteiger partial charge in [-0.25, -0.2) is 0 Å². The van der Waals surface area contributed by atoms with Crippen LogP contribution in [0.3, 0.4) is 0 Å². The summed E-state index contributed by atoms with van der Waals surface area (Å²) in [6.07, 6.45) is 5.37. The number of allylic oxidation sites excluding steroid dienone is 1. The Labute approximate surface area is 103 Å². The van der Waals surface area contributed by atoms with Crippen LogP contribution in [0.1, 0.15) is 12.5 Å². The molecule has 0 aliphatic carbocycles. The molecule has 0 saturated heterocycles. The molecule has 0 N–H and O–H groups in total. The molecule has 1 aromatic carbocycles. The smallest absolute Gasteiger partial charge is 0.0404 e. The zero-order valence-electron chi connectivity index (χ0n) is 9.70. The maximum absolute atomic E-state index is 5.64. The van der Waals surface area contributed by atoms with Crippen molar-refractivity contribution in [2.75, 3.05) is 23.9 Å². The van der Waals surface area contributed by atoms with E-state index in [9.17, 15) is 0 Å². The maximum Gasteiger partial charge on any atom is 0.0404 e. The summed E-state index contributed by atoms with van der Waals surface area (Å²) in [7, 11) is 0. The van der Waals surface area contributed by atoms with E-state index in [1.807, 2.05) is 6.08 Å². The number of anilines is 1. The molecule has 16 heavy (non-hydrogen) atoms. The number of para-hydroxylation sites is 1. The van der Waals surface area contributed by atoms with Gasteiger partial charge < -0.3 is 4.90 Å². The SMILES string of the molecule is CC1Cc2ccccc2N(CC=CCCl)C1. The summed E-state index contributed by atoms with van der Waals surface area (Å²) in [5.74, 6) is 1.34. The molecule has 2 rings (SSSR count). The molecule has 0 amide bonds. The van der Waals surface area contributed by atoms with Crippen LogP contribution in [-0.4, -0.2) is 19.0 Å². The van der Waals surface area contributed by atoms with E-state index < -0.39 is 0 Å². The minimum atomic E-state index is 0.602. The van der Waals surface area contributed by atoms with Crippen LogP contribution in [-0.2, 0) is 6.42 Å². The van der Waals surface area contributed by atoms with Crippen molar-refractivity contribution in [3.8, 4) is 0 Å². The Bertz CT molecular complexity index is 373. The molecular formula is C14H18ClN. The molecule has 1 aromatic rings. The van der Waals surface area contributed by atoms with Gasteiger partial charge in [-0.1, -0.05) is 37.3 Å². The number of rotatable bonds is 3. The molecule has 86 valence electrons. The van der Waals surface area contributed by atoms with Crippen LogP contribution < -0.4 is 4.90 Å². The predicted octanol–water partition coefficient (Wildman–Crippen LogP) is 3.48. The lowest BCUT2D eigenvalue weighted by molar-refractivity contribution is 0.543. The van der Waals surface area contributed by atoms with Crippen molar-refractivity contribution in [3.63, 3.8) is 0 Å². The molecule has 0 fully saturated rings. The molecule has 1 aliphatic heterocycles. The first-order chi connectivity index (χ1) is 7.81. The molecular weight excluding hydrogens is 218 g/mol. The molecule has 0 spiro atoms. The van der Waals surface area contributed by atoms with Gasteiger partial charge in [-0.05, 0) is 24.0 Å². The fourth-order valence-corrected chi connectivity index (χ4v) is 2.47. The van der Waals surface area contributed by atoms with E-state index in [0.717, 1.165) is 19.0 Å². The minimum Gasteiger partial charge on any atom is -0.367 e. The van der Waals surface area contributed by atoms with E-state index in [0.29, 0.717) is 5.88 Å². The second-order valence-electron chi connectivity index (χ2n) is 4.47. The van der Waals surface area contributed by atoms with Crippen molar-refractivity contribution in [1.82, 2.24) is 0 Å². The number of hydrogen-bond acceptors (Lipinski definition) is 1. The van der Waals surface area contributed by atoms with Crippen LogP contribution in [0.5, 0.6) is 0 Å². The highest BCUT2D eigenvalue weighted by molar-refractivity contribution is 6.18. The van der Waals surface area contributed by atoms with E-state index in [1.165, 1.54) is 17.7 Å². The first kappa shape index (κ1) is 11.5. The first-order valence-corrected chi connectivity index (χ1v) is 6.38. The van der Waals surface area contributed by atoms with Crippen LogP contribution in [0.15, 0.2) is 36.4 Å². The second kappa shape index (κ2) is 5.40.